The fourth-order valence-corrected chi connectivity index (χ4v) is 5.32. The zero-order chi connectivity index (χ0) is 24.0. The molecule has 1 aliphatic rings. The van der Waals surface area contributed by atoms with Crippen molar-refractivity contribution < 1.29 is 22.3 Å². The number of H-pyrrole nitrogens is 1. The summed E-state index contributed by atoms with van der Waals surface area (Å²) in [5.74, 6) is -0.165. The van der Waals surface area contributed by atoms with Gasteiger partial charge < -0.3 is 9.47 Å². The Morgan fingerprint density at radius 1 is 1.21 bits per heavy atom. The highest BCUT2D eigenvalue weighted by molar-refractivity contribution is 7.91. The zero-order valence-electron chi connectivity index (χ0n) is 19.0. The average molecular weight is 483 g/mol. The molecule has 1 aromatic heterocycles. The number of aromatic amines is 1. The third-order valence-electron chi connectivity index (χ3n) is 5.66. The van der Waals surface area contributed by atoms with Gasteiger partial charge in [-0.25, -0.2) is 17.6 Å². The van der Waals surface area contributed by atoms with E-state index in [1.165, 1.54) is 22.9 Å². The van der Waals surface area contributed by atoms with Crippen molar-refractivity contribution in [2.75, 3.05) is 24.7 Å². The largest absolute Gasteiger partial charge is 0.490 e. The highest BCUT2D eigenvalue weighted by Gasteiger charge is 2.26. The summed E-state index contributed by atoms with van der Waals surface area (Å²) >= 11 is 0. The van der Waals surface area contributed by atoms with E-state index in [-0.39, 0.29) is 48.8 Å². The number of hydrogen-bond donors (Lipinski definition) is 1. The first-order valence-corrected chi connectivity index (χ1v) is 13.0. The lowest BCUT2D eigenvalue weighted by molar-refractivity contribution is 0.0745. The molecule has 0 unspecified atom stereocenters. The van der Waals surface area contributed by atoms with Gasteiger partial charge in [-0.2, -0.15) is 0 Å². The van der Waals surface area contributed by atoms with Crippen LogP contribution in [0.25, 0.3) is 0 Å². The number of rotatable bonds is 13. The Kier molecular flexibility index (Phi) is 8.47. The molecule has 182 valence electrons. The molecule has 1 atom stereocenters. The number of hydrogen-bond acceptors (Lipinski definition) is 6. The van der Waals surface area contributed by atoms with Crippen LogP contribution in [0.5, 0.6) is 5.75 Å². The quantitative estimate of drug-likeness (QED) is 0.440. The van der Waals surface area contributed by atoms with E-state index in [1.54, 1.807) is 12.1 Å². The summed E-state index contributed by atoms with van der Waals surface area (Å²) in [4.78, 5) is 24.8. The SMILES string of the molecule is CC(C)[C@H](CS(=O)(=O)CCCOCn1ccc(=O)[nH]c1=O)c1ccc(F)c(OCC2CC2)c1. The molecule has 2 aromatic rings. The minimum atomic E-state index is -3.40. The first-order valence-electron chi connectivity index (χ1n) is 11.1. The van der Waals surface area contributed by atoms with E-state index in [0.29, 0.717) is 12.5 Å². The molecule has 0 amide bonds. The summed E-state index contributed by atoms with van der Waals surface area (Å²) in [7, 11) is -3.40. The van der Waals surface area contributed by atoms with Crippen LogP contribution in [0.2, 0.25) is 0 Å². The molecule has 1 N–H and O–H groups in total. The molecular formula is C23H31FN2O6S. The molecular weight excluding hydrogens is 451 g/mol. The van der Waals surface area contributed by atoms with Crippen LogP contribution in [-0.2, 0) is 21.3 Å². The highest BCUT2D eigenvalue weighted by Crippen LogP contribution is 2.33. The Morgan fingerprint density at radius 2 is 1.97 bits per heavy atom. The third-order valence-corrected chi connectivity index (χ3v) is 7.44. The molecule has 8 nitrogen and oxygen atoms in total. The minimum absolute atomic E-state index is 0.0323. The molecule has 3 rings (SSSR count). The van der Waals surface area contributed by atoms with Crippen LogP contribution in [0, 0.1) is 17.7 Å². The minimum Gasteiger partial charge on any atom is -0.490 e. The second kappa shape index (κ2) is 11.1. The van der Waals surface area contributed by atoms with Crippen molar-refractivity contribution in [2.24, 2.45) is 11.8 Å². The van der Waals surface area contributed by atoms with Gasteiger partial charge in [0.15, 0.2) is 21.4 Å². The summed E-state index contributed by atoms with van der Waals surface area (Å²) in [5.41, 5.74) is -0.339. The van der Waals surface area contributed by atoms with Crippen molar-refractivity contribution in [3.63, 3.8) is 0 Å². The molecule has 1 saturated carbocycles. The van der Waals surface area contributed by atoms with Crippen molar-refractivity contribution in [1.29, 1.82) is 0 Å². The number of halogens is 1. The van der Waals surface area contributed by atoms with Crippen LogP contribution in [-0.4, -0.2) is 42.7 Å². The van der Waals surface area contributed by atoms with Gasteiger partial charge >= 0.3 is 5.69 Å². The maximum absolute atomic E-state index is 14.2. The van der Waals surface area contributed by atoms with Crippen LogP contribution >= 0.6 is 0 Å². The van der Waals surface area contributed by atoms with E-state index in [2.05, 4.69) is 4.98 Å². The molecule has 1 fully saturated rings. The standard InChI is InChI=1S/C23H31FN2O6S/c1-16(2)19(18-6-7-20(24)21(12-18)32-13-17-4-5-17)14-33(29,30)11-3-10-31-15-26-9-8-22(27)25-23(26)28/h6-9,12,16-17,19H,3-5,10-11,13-15H2,1-2H3,(H,25,27,28)/t19-/m0/s1. The number of nitrogens with zero attached hydrogens (tertiary/aromatic N) is 1. The smallest absolute Gasteiger partial charge is 0.330 e. The molecule has 1 heterocycles. The Balaban J connectivity index is 1.54. The topological polar surface area (TPSA) is 107 Å². The molecule has 10 heteroatoms. The van der Waals surface area contributed by atoms with Crippen LogP contribution in [0.1, 0.15) is 44.6 Å². The summed E-state index contributed by atoms with van der Waals surface area (Å²) in [6, 6.07) is 5.80. The first-order chi connectivity index (χ1) is 15.6. The fraction of sp³-hybridized carbons (Fsp3) is 0.565. The molecule has 0 saturated heterocycles. The van der Waals surface area contributed by atoms with E-state index in [9.17, 15) is 22.4 Å². The lowest BCUT2D eigenvalue weighted by Gasteiger charge is -2.22. The highest BCUT2D eigenvalue weighted by atomic mass is 32.2. The lowest BCUT2D eigenvalue weighted by atomic mass is 9.90. The Bertz CT molecular complexity index is 1150. The van der Waals surface area contributed by atoms with Gasteiger partial charge in [0.2, 0.25) is 0 Å². The zero-order valence-corrected chi connectivity index (χ0v) is 19.8. The lowest BCUT2D eigenvalue weighted by Crippen LogP contribution is -2.29. The number of nitrogens with one attached hydrogen (secondary N) is 1. The van der Waals surface area contributed by atoms with Crippen molar-refractivity contribution in [3.05, 3.63) is 62.7 Å². The molecule has 0 bridgehead atoms. The van der Waals surface area contributed by atoms with Crippen LogP contribution in [0.15, 0.2) is 40.1 Å². The van der Waals surface area contributed by atoms with Gasteiger partial charge in [0.05, 0.1) is 18.1 Å². The van der Waals surface area contributed by atoms with Gasteiger partial charge in [-0.1, -0.05) is 19.9 Å². The molecule has 1 aliphatic carbocycles. The maximum atomic E-state index is 14.2. The van der Waals surface area contributed by atoms with Gasteiger partial charge in [-0.05, 0) is 48.8 Å². The number of aromatic nitrogens is 2. The summed E-state index contributed by atoms with van der Waals surface area (Å²) < 4.78 is 51.9. The van der Waals surface area contributed by atoms with Crippen molar-refractivity contribution in [1.82, 2.24) is 9.55 Å². The Morgan fingerprint density at radius 3 is 2.64 bits per heavy atom. The molecule has 0 aliphatic heterocycles. The number of ether oxygens (including phenoxy) is 2. The van der Waals surface area contributed by atoms with E-state index < -0.39 is 26.9 Å². The average Bonchev–Trinajstić information content (AvgIpc) is 3.57. The Hall–Kier alpha value is -2.46. The molecule has 1 aromatic carbocycles. The van der Waals surface area contributed by atoms with Crippen molar-refractivity contribution in [3.8, 4) is 5.75 Å². The van der Waals surface area contributed by atoms with E-state index in [1.807, 2.05) is 13.8 Å². The summed E-state index contributed by atoms with van der Waals surface area (Å²) in [6.07, 6.45) is 3.78. The predicted molar refractivity (Wildman–Crippen MR) is 123 cm³/mol. The third kappa shape index (κ3) is 7.82. The van der Waals surface area contributed by atoms with Crippen molar-refractivity contribution >= 4 is 9.84 Å². The number of sulfone groups is 1. The monoisotopic (exact) mass is 482 g/mol. The van der Waals surface area contributed by atoms with E-state index in [4.69, 9.17) is 9.47 Å². The maximum Gasteiger partial charge on any atom is 0.330 e. The molecule has 0 spiro atoms. The van der Waals surface area contributed by atoms with Crippen LogP contribution in [0.4, 0.5) is 4.39 Å². The first kappa shape index (κ1) is 25.2. The fourth-order valence-electron chi connectivity index (χ4n) is 3.47. The van der Waals surface area contributed by atoms with Crippen LogP contribution < -0.4 is 16.0 Å². The normalized spacial score (nSPS) is 15.0. The predicted octanol–water partition coefficient (Wildman–Crippen LogP) is 2.68. The van der Waals surface area contributed by atoms with Gasteiger partial charge in [0.1, 0.15) is 6.73 Å². The second-order valence-corrected chi connectivity index (χ2v) is 11.1. The van der Waals surface area contributed by atoms with E-state index in [0.717, 1.165) is 18.4 Å². The molecule has 33 heavy (non-hydrogen) atoms. The summed E-state index contributed by atoms with van der Waals surface area (Å²) in [6.45, 7) is 4.44. The van der Waals surface area contributed by atoms with Gasteiger partial charge in [-0.3, -0.25) is 14.3 Å². The molecule has 0 radical (unpaired) electrons. The number of benzene rings is 1. The summed E-state index contributed by atoms with van der Waals surface area (Å²) in [5, 5.41) is 0. The van der Waals surface area contributed by atoms with Gasteiger partial charge in [0.25, 0.3) is 5.56 Å². The Labute approximate surface area is 192 Å². The van der Waals surface area contributed by atoms with Gasteiger partial charge in [-0.15, -0.1) is 0 Å². The second-order valence-electron chi connectivity index (χ2n) is 8.88. The van der Waals surface area contributed by atoms with E-state index >= 15 is 0 Å². The van der Waals surface area contributed by atoms with Gasteiger partial charge in [0, 0.05) is 24.8 Å². The van der Waals surface area contributed by atoms with Crippen molar-refractivity contribution in [2.45, 2.75) is 45.8 Å². The van der Waals surface area contributed by atoms with Crippen LogP contribution in [0.3, 0.4) is 0 Å².